The van der Waals surface area contributed by atoms with Crippen LogP contribution >= 0.6 is 0 Å². The lowest BCUT2D eigenvalue weighted by Crippen LogP contribution is -2.45. The number of hydrogen-bond donors (Lipinski definition) is 0. The van der Waals surface area contributed by atoms with E-state index in [4.69, 9.17) is 4.74 Å². The van der Waals surface area contributed by atoms with E-state index in [0.29, 0.717) is 11.3 Å². The fourth-order valence-corrected chi connectivity index (χ4v) is 4.95. The Hall–Kier alpha value is -4.35. The van der Waals surface area contributed by atoms with Crippen molar-refractivity contribution in [2.45, 2.75) is 59.0 Å². The van der Waals surface area contributed by atoms with Gasteiger partial charge in [-0.2, -0.15) is 13.2 Å². The van der Waals surface area contributed by atoms with E-state index in [-0.39, 0.29) is 35.2 Å². The van der Waals surface area contributed by atoms with Crippen molar-refractivity contribution in [2.24, 2.45) is 0 Å². The molecule has 3 aromatic heterocycles. The SMILES string of the molecule is Cc1cn(-c2ccc3n(c2=O)CCN(C(C)c2cn(C(=O)OC(C)(C)C)c4ccc(C(F)(F)F)cc24)C3=O)cn1. The molecular weight excluding hydrogens is 527 g/mol. The minimum Gasteiger partial charge on any atom is -0.443 e. The van der Waals surface area contributed by atoms with E-state index in [1.165, 1.54) is 32.6 Å². The molecule has 0 bridgehead atoms. The average molecular weight is 556 g/mol. The normalized spacial score (nSPS) is 14.9. The van der Waals surface area contributed by atoms with Crippen LogP contribution in [0.4, 0.5) is 18.0 Å². The number of ether oxygens (including phenoxy) is 1. The maximum atomic E-state index is 13.6. The van der Waals surface area contributed by atoms with Crippen LogP contribution in [0.15, 0.2) is 53.8 Å². The van der Waals surface area contributed by atoms with Gasteiger partial charge in [0.2, 0.25) is 0 Å². The molecule has 40 heavy (non-hydrogen) atoms. The van der Waals surface area contributed by atoms with Gasteiger partial charge in [0.15, 0.2) is 0 Å². The Morgan fingerprint density at radius 3 is 2.40 bits per heavy atom. The van der Waals surface area contributed by atoms with Gasteiger partial charge >= 0.3 is 12.3 Å². The number of amides is 1. The molecule has 1 aromatic carbocycles. The van der Waals surface area contributed by atoms with E-state index in [9.17, 15) is 27.6 Å². The van der Waals surface area contributed by atoms with E-state index in [2.05, 4.69) is 4.98 Å². The lowest BCUT2D eigenvalue weighted by Gasteiger charge is -2.34. The van der Waals surface area contributed by atoms with Gasteiger partial charge in [-0.3, -0.25) is 14.2 Å². The second kappa shape index (κ2) is 9.39. The summed E-state index contributed by atoms with van der Waals surface area (Å²) in [4.78, 5) is 45.4. The summed E-state index contributed by atoms with van der Waals surface area (Å²) in [6.45, 7) is 8.87. The number of rotatable bonds is 3. The first-order valence-corrected chi connectivity index (χ1v) is 12.7. The smallest absolute Gasteiger partial charge is 0.419 e. The predicted octanol–water partition coefficient (Wildman–Crippen LogP) is 5.32. The molecule has 5 rings (SSSR count). The number of carbonyl (C=O) groups is 2. The van der Waals surface area contributed by atoms with Crippen LogP contribution in [0, 0.1) is 6.92 Å². The molecule has 0 radical (unpaired) electrons. The number of nitrogens with zero attached hydrogens (tertiary/aromatic N) is 5. The first-order chi connectivity index (χ1) is 18.7. The summed E-state index contributed by atoms with van der Waals surface area (Å²) < 4.78 is 50.5. The molecule has 1 aliphatic heterocycles. The third-order valence-corrected chi connectivity index (χ3v) is 6.86. The van der Waals surface area contributed by atoms with Gasteiger partial charge in [-0.15, -0.1) is 0 Å². The van der Waals surface area contributed by atoms with Crippen molar-refractivity contribution in [3.8, 4) is 5.69 Å². The highest BCUT2D eigenvalue weighted by Crippen LogP contribution is 2.37. The first kappa shape index (κ1) is 27.2. The fourth-order valence-electron chi connectivity index (χ4n) is 4.95. The molecular formula is C28H28F3N5O4. The zero-order valence-electron chi connectivity index (χ0n) is 22.6. The zero-order valence-corrected chi connectivity index (χ0v) is 22.6. The first-order valence-electron chi connectivity index (χ1n) is 12.7. The van der Waals surface area contributed by atoms with Crippen LogP contribution in [0.25, 0.3) is 16.6 Å². The average Bonchev–Trinajstić information content (AvgIpc) is 3.46. The molecule has 210 valence electrons. The summed E-state index contributed by atoms with van der Waals surface area (Å²) in [6, 6.07) is 5.50. The van der Waals surface area contributed by atoms with Crippen LogP contribution < -0.4 is 5.56 Å². The Bertz CT molecular complexity index is 1710. The number of pyridine rings is 1. The predicted molar refractivity (Wildman–Crippen MR) is 141 cm³/mol. The molecule has 0 N–H and O–H groups in total. The van der Waals surface area contributed by atoms with Crippen LogP contribution in [-0.4, -0.2) is 47.7 Å². The molecule has 0 saturated heterocycles. The maximum Gasteiger partial charge on any atom is 0.419 e. The molecule has 0 saturated carbocycles. The van der Waals surface area contributed by atoms with E-state index >= 15 is 0 Å². The molecule has 1 aliphatic rings. The quantitative estimate of drug-likeness (QED) is 0.342. The van der Waals surface area contributed by atoms with E-state index < -0.39 is 35.4 Å². The summed E-state index contributed by atoms with van der Waals surface area (Å²) in [5.74, 6) is -0.450. The monoisotopic (exact) mass is 555 g/mol. The Balaban J connectivity index is 1.56. The van der Waals surface area contributed by atoms with E-state index in [1.807, 2.05) is 0 Å². The second-order valence-corrected chi connectivity index (χ2v) is 10.8. The Morgan fingerprint density at radius 2 is 1.77 bits per heavy atom. The van der Waals surface area contributed by atoms with E-state index in [0.717, 1.165) is 17.8 Å². The third-order valence-electron chi connectivity index (χ3n) is 6.86. The fraction of sp³-hybridized carbons (Fsp3) is 0.357. The molecule has 0 fully saturated rings. The van der Waals surface area contributed by atoms with Crippen LogP contribution in [-0.2, 0) is 17.5 Å². The van der Waals surface area contributed by atoms with Gasteiger partial charge in [0.1, 0.15) is 17.0 Å². The van der Waals surface area contributed by atoms with Crippen LogP contribution in [0.3, 0.4) is 0 Å². The van der Waals surface area contributed by atoms with Gasteiger partial charge in [0.25, 0.3) is 11.5 Å². The number of imidazole rings is 1. The number of aryl methyl sites for hydroxylation is 1. The standard InChI is InChI=1S/C28H28F3N5O4/c1-16-13-33(15-32-16)22-8-9-23-25(38)34(10-11-35(23)24(22)37)17(2)20-14-36(26(39)40-27(3,4)5)21-7-6-18(12-19(20)21)28(29,30)31/h6-9,12-15,17H,10-11H2,1-5H3. The van der Waals surface area contributed by atoms with Crippen molar-refractivity contribution in [3.63, 3.8) is 0 Å². The number of fused-ring (bicyclic) bond motifs is 2. The number of halogens is 3. The van der Waals surface area contributed by atoms with Crippen molar-refractivity contribution < 1.29 is 27.5 Å². The summed E-state index contributed by atoms with van der Waals surface area (Å²) in [6.07, 6.45) is -0.704. The number of benzene rings is 1. The Morgan fingerprint density at radius 1 is 1.05 bits per heavy atom. The van der Waals surface area contributed by atoms with Crippen molar-refractivity contribution >= 4 is 22.9 Å². The van der Waals surface area contributed by atoms with E-state index in [1.54, 1.807) is 57.5 Å². The Labute approximate surface area is 227 Å². The highest BCUT2D eigenvalue weighted by atomic mass is 19.4. The lowest BCUT2D eigenvalue weighted by atomic mass is 10.0. The number of carbonyl (C=O) groups excluding carboxylic acids is 2. The minimum absolute atomic E-state index is 0.136. The van der Waals surface area contributed by atoms with Gasteiger partial charge in [0, 0.05) is 36.4 Å². The van der Waals surface area contributed by atoms with Crippen LogP contribution in [0.2, 0.25) is 0 Å². The number of alkyl halides is 3. The van der Waals surface area contributed by atoms with Gasteiger partial charge in [-0.25, -0.2) is 9.78 Å². The summed E-state index contributed by atoms with van der Waals surface area (Å²) >= 11 is 0. The molecule has 4 aromatic rings. The Kier molecular flexibility index (Phi) is 6.39. The molecule has 1 atom stereocenters. The van der Waals surface area contributed by atoms with Gasteiger partial charge < -0.3 is 18.8 Å². The van der Waals surface area contributed by atoms with Crippen molar-refractivity contribution in [2.75, 3.05) is 6.54 Å². The van der Waals surface area contributed by atoms with Crippen LogP contribution in [0.1, 0.15) is 61.0 Å². The van der Waals surface area contributed by atoms with Crippen molar-refractivity contribution in [3.05, 3.63) is 81.9 Å². The number of hydrogen-bond acceptors (Lipinski definition) is 5. The zero-order chi connectivity index (χ0) is 29.1. The molecule has 1 amide bonds. The van der Waals surface area contributed by atoms with Crippen LogP contribution in [0.5, 0.6) is 0 Å². The van der Waals surface area contributed by atoms with Crippen molar-refractivity contribution in [1.29, 1.82) is 0 Å². The van der Waals surface area contributed by atoms with Gasteiger partial charge in [-0.05, 0) is 65.0 Å². The highest BCUT2D eigenvalue weighted by molar-refractivity contribution is 5.96. The third kappa shape index (κ3) is 4.78. The summed E-state index contributed by atoms with van der Waals surface area (Å²) in [7, 11) is 0. The van der Waals surface area contributed by atoms with Gasteiger partial charge in [0.05, 0.1) is 29.1 Å². The molecule has 9 nitrogen and oxygen atoms in total. The highest BCUT2D eigenvalue weighted by Gasteiger charge is 2.35. The number of aromatic nitrogens is 4. The second-order valence-electron chi connectivity index (χ2n) is 10.8. The molecule has 1 unspecified atom stereocenters. The molecule has 0 aliphatic carbocycles. The molecule has 4 heterocycles. The maximum absolute atomic E-state index is 13.6. The van der Waals surface area contributed by atoms with Gasteiger partial charge in [-0.1, -0.05) is 0 Å². The summed E-state index contributed by atoms with van der Waals surface area (Å²) in [5.41, 5.74) is -0.246. The lowest BCUT2D eigenvalue weighted by molar-refractivity contribution is -0.137. The minimum atomic E-state index is -4.60. The summed E-state index contributed by atoms with van der Waals surface area (Å²) in [5, 5.41) is 0.176. The molecule has 12 heteroatoms. The van der Waals surface area contributed by atoms with Crippen molar-refractivity contribution in [1.82, 2.24) is 23.6 Å². The molecule has 0 spiro atoms. The largest absolute Gasteiger partial charge is 0.443 e. The topological polar surface area (TPSA) is 91.4 Å².